The van der Waals surface area contributed by atoms with Crippen molar-refractivity contribution in [2.45, 2.75) is 32.9 Å². The van der Waals surface area contributed by atoms with E-state index in [0.717, 1.165) is 6.07 Å². The van der Waals surface area contributed by atoms with Gasteiger partial charge in [-0.15, -0.1) is 13.2 Å². The van der Waals surface area contributed by atoms with Gasteiger partial charge in [-0.05, 0) is 74.0 Å². The number of hydrogen-bond acceptors (Lipinski definition) is 5. The lowest BCUT2D eigenvalue weighted by Crippen LogP contribution is -2.22. The number of carbonyl (C=O) groups excluding carboxylic acids is 1. The van der Waals surface area contributed by atoms with Crippen LogP contribution in [0.15, 0.2) is 60.7 Å². The summed E-state index contributed by atoms with van der Waals surface area (Å²) in [7, 11) is 1.50. The van der Waals surface area contributed by atoms with Crippen LogP contribution in [0, 0.1) is 6.92 Å². The van der Waals surface area contributed by atoms with E-state index in [9.17, 15) is 22.8 Å². The Morgan fingerprint density at radius 3 is 2.26 bits per heavy atom. The Morgan fingerprint density at radius 1 is 1.00 bits per heavy atom. The van der Waals surface area contributed by atoms with Crippen molar-refractivity contribution in [1.29, 1.82) is 0 Å². The highest BCUT2D eigenvalue weighted by molar-refractivity contribution is 6.31. The molecular formula is C28H23ClF3NO6. The van der Waals surface area contributed by atoms with Crippen LogP contribution in [0.5, 0.6) is 17.2 Å². The van der Waals surface area contributed by atoms with Gasteiger partial charge in [-0.2, -0.15) is 0 Å². The maximum absolute atomic E-state index is 13.6. The van der Waals surface area contributed by atoms with Crippen LogP contribution < -0.4 is 14.2 Å². The van der Waals surface area contributed by atoms with E-state index < -0.39 is 24.2 Å². The molecule has 0 saturated carbocycles. The molecule has 1 aromatic heterocycles. The number of carboxylic acid groups (broad SMARTS) is 1. The molecule has 0 saturated heterocycles. The number of rotatable bonds is 9. The third-order valence-electron chi connectivity index (χ3n) is 6.12. The van der Waals surface area contributed by atoms with Crippen LogP contribution in [0.25, 0.3) is 10.9 Å². The van der Waals surface area contributed by atoms with Crippen LogP contribution in [0.3, 0.4) is 0 Å². The molecule has 0 fully saturated rings. The lowest BCUT2D eigenvalue weighted by molar-refractivity contribution is -0.274. The number of aliphatic carboxylic acids is 1. The Morgan fingerprint density at radius 2 is 1.64 bits per heavy atom. The summed E-state index contributed by atoms with van der Waals surface area (Å²) in [4.78, 5) is 24.8. The van der Waals surface area contributed by atoms with Crippen LogP contribution in [-0.2, 0) is 11.3 Å². The van der Waals surface area contributed by atoms with E-state index in [2.05, 4.69) is 4.74 Å². The Bertz CT molecular complexity index is 1550. The molecule has 1 N–H and O–H groups in total. The first-order valence-corrected chi connectivity index (χ1v) is 12.0. The summed E-state index contributed by atoms with van der Waals surface area (Å²) in [6.45, 7) is 3.10. The maximum Gasteiger partial charge on any atom is 0.573 e. The van der Waals surface area contributed by atoms with Crippen molar-refractivity contribution in [2.24, 2.45) is 0 Å². The second-order valence-electron chi connectivity index (χ2n) is 8.68. The molecule has 0 aliphatic heterocycles. The number of alkyl halides is 3. The molecule has 0 bridgehead atoms. The summed E-state index contributed by atoms with van der Waals surface area (Å²) in [6, 6.07) is 14.9. The SMILES string of the molecule is COc1ccc(C(=O)c2c(C)n(Cc3cc(OC(C)C(=O)O)ccc3Cl)c3cc(OC(F)(F)F)ccc23)cc1. The summed E-state index contributed by atoms with van der Waals surface area (Å²) >= 11 is 6.42. The van der Waals surface area contributed by atoms with Gasteiger partial charge in [0.2, 0.25) is 0 Å². The molecule has 4 aromatic rings. The molecule has 1 heterocycles. The van der Waals surface area contributed by atoms with Crippen molar-refractivity contribution in [2.75, 3.05) is 7.11 Å². The van der Waals surface area contributed by atoms with E-state index in [1.807, 2.05) is 0 Å². The molecule has 11 heteroatoms. The molecule has 0 radical (unpaired) electrons. The predicted octanol–water partition coefficient (Wildman–Crippen LogP) is 6.64. The van der Waals surface area contributed by atoms with Crippen molar-refractivity contribution in [3.8, 4) is 17.2 Å². The minimum Gasteiger partial charge on any atom is -0.497 e. The third-order valence-corrected chi connectivity index (χ3v) is 6.48. The number of ether oxygens (including phenoxy) is 3. The minimum absolute atomic E-state index is 0.0468. The summed E-state index contributed by atoms with van der Waals surface area (Å²) in [6.07, 6.45) is -6.03. The number of ketones is 1. The molecule has 1 unspecified atom stereocenters. The molecule has 0 aliphatic rings. The van der Waals surface area contributed by atoms with Gasteiger partial charge in [-0.25, -0.2) is 4.79 Å². The van der Waals surface area contributed by atoms with Gasteiger partial charge < -0.3 is 23.9 Å². The fourth-order valence-electron chi connectivity index (χ4n) is 4.20. The fourth-order valence-corrected chi connectivity index (χ4v) is 4.38. The smallest absolute Gasteiger partial charge is 0.497 e. The Hall–Kier alpha value is -4.18. The summed E-state index contributed by atoms with van der Waals surface area (Å²) < 4.78 is 55.3. The highest BCUT2D eigenvalue weighted by Crippen LogP contribution is 2.35. The zero-order chi connectivity index (χ0) is 28.5. The van der Waals surface area contributed by atoms with E-state index in [0.29, 0.717) is 44.1 Å². The first kappa shape index (κ1) is 27.8. The second-order valence-corrected chi connectivity index (χ2v) is 9.09. The lowest BCUT2D eigenvalue weighted by Gasteiger charge is -2.15. The summed E-state index contributed by atoms with van der Waals surface area (Å²) in [5, 5.41) is 9.89. The van der Waals surface area contributed by atoms with Gasteiger partial charge in [0, 0.05) is 34.3 Å². The largest absolute Gasteiger partial charge is 0.573 e. The average Bonchev–Trinajstić information content (AvgIpc) is 3.15. The van der Waals surface area contributed by atoms with Gasteiger partial charge >= 0.3 is 12.3 Å². The molecular weight excluding hydrogens is 539 g/mol. The number of fused-ring (bicyclic) bond motifs is 1. The van der Waals surface area contributed by atoms with E-state index in [4.69, 9.17) is 26.2 Å². The van der Waals surface area contributed by atoms with Gasteiger partial charge in [-0.3, -0.25) is 4.79 Å². The van der Waals surface area contributed by atoms with Gasteiger partial charge in [0.1, 0.15) is 17.2 Å². The molecule has 204 valence electrons. The number of hydrogen-bond donors (Lipinski definition) is 1. The third kappa shape index (κ3) is 6.12. The molecule has 3 aromatic carbocycles. The Labute approximate surface area is 226 Å². The monoisotopic (exact) mass is 561 g/mol. The van der Waals surface area contributed by atoms with Crippen molar-refractivity contribution in [3.63, 3.8) is 0 Å². The second kappa shape index (κ2) is 10.9. The molecule has 0 spiro atoms. The normalized spacial score (nSPS) is 12.3. The first-order valence-electron chi connectivity index (χ1n) is 11.6. The number of carboxylic acids is 1. The van der Waals surface area contributed by atoms with Crippen LogP contribution in [0.4, 0.5) is 13.2 Å². The lowest BCUT2D eigenvalue weighted by atomic mass is 10.0. The van der Waals surface area contributed by atoms with E-state index in [1.54, 1.807) is 41.8 Å². The van der Waals surface area contributed by atoms with Crippen LogP contribution >= 0.6 is 11.6 Å². The molecule has 0 amide bonds. The molecule has 4 rings (SSSR count). The fraction of sp³-hybridized carbons (Fsp3) is 0.214. The van der Waals surface area contributed by atoms with Crippen molar-refractivity contribution >= 4 is 34.3 Å². The number of aromatic nitrogens is 1. The van der Waals surface area contributed by atoms with Gasteiger partial charge in [0.25, 0.3) is 0 Å². The standard InChI is InChI=1S/C28H23ClF3NO6/c1-15-25(26(34)17-4-6-19(37-3)7-5-17)22-10-8-21(39-28(30,31)32)13-24(22)33(15)14-18-12-20(9-11-23(18)29)38-16(2)27(35)36/h4-13,16H,14H2,1-3H3,(H,35,36). The minimum atomic E-state index is -4.91. The topological polar surface area (TPSA) is 87.0 Å². The van der Waals surface area contributed by atoms with Crippen molar-refractivity contribution in [1.82, 2.24) is 4.57 Å². The van der Waals surface area contributed by atoms with Crippen molar-refractivity contribution < 1.29 is 42.1 Å². The number of methoxy groups -OCH3 is 1. The van der Waals surface area contributed by atoms with E-state index in [-0.39, 0.29) is 18.1 Å². The predicted molar refractivity (Wildman–Crippen MR) is 138 cm³/mol. The molecule has 0 aliphatic carbocycles. The van der Waals surface area contributed by atoms with Gasteiger partial charge in [0.05, 0.1) is 18.2 Å². The number of carbonyl (C=O) groups is 2. The average molecular weight is 562 g/mol. The van der Waals surface area contributed by atoms with Crippen LogP contribution in [0.1, 0.15) is 34.1 Å². The molecule has 7 nitrogen and oxygen atoms in total. The zero-order valence-electron chi connectivity index (χ0n) is 21.0. The van der Waals surface area contributed by atoms with E-state index >= 15 is 0 Å². The number of nitrogens with zero attached hydrogens (tertiary/aromatic N) is 1. The zero-order valence-corrected chi connectivity index (χ0v) is 21.8. The molecule has 39 heavy (non-hydrogen) atoms. The Kier molecular flexibility index (Phi) is 7.78. The van der Waals surface area contributed by atoms with Crippen molar-refractivity contribution in [3.05, 3.63) is 88.1 Å². The quantitative estimate of drug-likeness (QED) is 0.230. The van der Waals surface area contributed by atoms with Gasteiger partial charge in [-0.1, -0.05) is 11.6 Å². The Balaban J connectivity index is 1.84. The molecule has 1 atom stereocenters. The van der Waals surface area contributed by atoms with E-state index in [1.165, 1.54) is 38.3 Å². The number of halogens is 4. The maximum atomic E-state index is 13.6. The van der Waals surface area contributed by atoms with Gasteiger partial charge in [0.15, 0.2) is 11.9 Å². The summed E-state index contributed by atoms with van der Waals surface area (Å²) in [5.41, 5.74) is 1.96. The highest BCUT2D eigenvalue weighted by atomic mass is 35.5. The number of benzene rings is 3. The summed E-state index contributed by atoms with van der Waals surface area (Å²) in [5.74, 6) is -1.13. The van der Waals surface area contributed by atoms with Crippen LogP contribution in [0.2, 0.25) is 5.02 Å². The first-order chi connectivity index (χ1) is 18.4. The highest BCUT2D eigenvalue weighted by Gasteiger charge is 2.32. The van der Waals surface area contributed by atoms with Crippen LogP contribution in [-0.4, -0.2) is 41.0 Å².